The van der Waals surface area contributed by atoms with Gasteiger partial charge < -0.3 is 5.11 Å². The quantitative estimate of drug-likeness (QED) is 0.771. The number of hydrogen-bond acceptors (Lipinski definition) is 1. The van der Waals surface area contributed by atoms with Gasteiger partial charge in [-0.2, -0.15) is 0 Å². The summed E-state index contributed by atoms with van der Waals surface area (Å²) in [6.07, 6.45) is 0. The fourth-order valence-electron chi connectivity index (χ4n) is 1.80. The maximum Gasteiger partial charge on any atom is 0.310 e. The number of hydrogen-bond donors (Lipinski definition) is 1. The topological polar surface area (TPSA) is 37.3 Å². The molecule has 1 aromatic rings. The van der Waals surface area contributed by atoms with E-state index < -0.39 is 16.2 Å². The van der Waals surface area contributed by atoms with Crippen LogP contribution < -0.4 is 0 Å². The van der Waals surface area contributed by atoms with E-state index in [-0.39, 0.29) is 5.92 Å². The molecule has 86 valence electrons. The highest BCUT2D eigenvalue weighted by molar-refractivity contribution is 9.11. The third kappa shape index (κ3) is 2.13. The van der Waals surface area contributed by atoms with Crippen LogP contribution in [0.15, 0.2) is 27.1 Å². The average molecular weight is 389 g/mol. The second-order valence-corrected chi connectivity index (χ2v) is 6.95. The molecule has 2 nitrogen and oxygen atoms in total. The summed E-state index contributed by atoms with van der Waals surface area (Å²) in [6, 6.07) is 5.53. The summed E-state index contributed by atoms with van der Waals surface area (Å²) in [7, 11) is 0. The van der Waals surface area contributed by atoms with Crippen LogP contribution in [-0.2, 0) is 4.79 Å². The minimum absolute atomic E-state index is 0.359. The van der Waals surface area contributed by atoms with Crippen LogP contribution in [0.5, 0.6) is 0 Å². The zero-order valence-electron chi connectivity index (χ0n) is 7.75. The van der Waals surface area contributed by atoms with Crippen molar-refractivity contribution in [3.63, 3.8) is 0 Å². The van der Waals surface area contributed by atoms with E-state index in [2.05, 4.69) is 31.9 Å². The van der Waals surface area contributed by atoms with Gasteiger partial charge in [0.15, 0.2) is 0 Å². The molecule has 1 fully saturated rings. The Morgan fingerprint density at radius 1 is 1.25 bits per heavy atom. The van der Waals surface area contributed by atoms with Crippen LogP contribution in [-0.4, -0.2) is 15.4 Å². The van der Waals surface area contributed by atoms with Crippen LogP contribution in [0.1, 0.15) is 11.5 Å². The van der Waals surface area contributed by atoms with Crippen LogP contribution in [0.3, 0.4) is 0 Å². The van der Waals surface area contributed by atoms with Gasteiger partial charge in [0.05, 0.1) is 5.92 Å². The van der Waals surface area contributed by atoms with Gasteiger partial charge in [0.25, 0.3) is 0 Å². The van der Waals surface area contributed by atoms with Crippen molar-refractivity contribution < 1.29 is 9.90 Å². The largest absolute Gasteiger partial charge is 0.481 e. The van der Waals surface area contributed by atoms with Crippen molar-refractivity contribution in [3.05, 3.63) is 32.7 Å². The van der Waals surface area contributed by atoms with Crippen molar-refractivity contribution >= 4 is 61.0 Å². The molecule has 6 heteroatoms. The van der Waals surface area contributed by atoms with Crippen molar-refractivity contribution in [1.29, 1.82) is 0 Å². The zero-order valence-corrected chi connectivity index (χ0v) is 12.4. The van der Waals surface area contributed by atoms with Crippen LogP contribution in [0.25, 0.3) is 0 Å². The minimum Gasteiger partial charge on any atom is -0.481 e. The number of carboxylic acids is 1. The summed E-state index contributed by atoms with van der Waals surface area (Å²) < 4.78 is 0.514. The first-order valence-electron chi connectivity index (χ1n) is 4.40. The first-order valence-corrected chi connectivity index (χ1v) is 6.75. The number of benzene rings is 1. The maximum absolute atomic E-state index is 10.9. The molecule has 1 saturated carbocycles. The Bertz CT molecular complexity index is 442. The van der Waals surface area contributed by atoms with Gasteiger partial charge in [-0.3, -0.25) is 4.79 Å². The van der Waals surface area contributed by atoms with E-state index in [4.69, 9.17) is 28.3 Å². The second-order valence-electron chi connectivity index (χ2n) is 3.67. The van der Waals surface area contributed by atoms with Crippen LogP contribution in [0.4, 0.5) is 0 Å². The molecule has 0 heterocycles. The highest BCUT2D eigenvalue weighted by Crippen LogP contribution is 2.65. The van der Waals surface area contributed by atoms with E-state index >= 15 is 0 Å². The summed E-state index contributed by atoms with van der Waals surface area (Å²) in [6.45, 7) is 0. The summed E-state index contributed by atoms with van der Waals surface area (Å²) in [4.78, 5) is 10.9. The smallest absolute Gasteiger partial charge is 0.310 e. The molecule has 1 aliphatic rings. The molecule has 2 rings (SSSR count). The monoisotopic (exact) mass is 386 g/mol. The molecule has 2 atom stereocenters. The molecule has 0 unspecified atom stereocenters. The minimum atomic E-state index is -1.20. The van der Waals surface area contributed by atoms with Gasteiger partial charge in [0, 0.05) is 14.9 Å². The Labute approximate surface area is 119 Å². The Morgan fingerprint density at radius 3 is 2.12 bits per heavy atom. The summed E-state index contributed by atoms with van der Waals surface area (Å²) >= 11 is 18.6. The van der Waals surface area contributed by atoms with Gasteiger partial charge >= 0.3 is 5.97 Å². The highest BCUT2D eigenvalue weighted by Gasteiger charge is 2.68. The van der Waals surface area contributed by atoms with Crippen LogP contribution in [0, 0.1) is 5.92 Å². The lowest BCUT2D eigenvalue weighted by Gasteiger charge is -2.02. The standard InChI is InChI=1S/C10H6Br2Cl2O2/c11-5-1-4(2-6(12)3-5)7-8(9(15)16)10(7,13)14/h1-3,7-8H,(H,15,16)/t7-,8+/m0/s1. The number of aliphatic carboxylic acids is 1. The first kappa shape index (κ1) is 12.7. The van der Waals surface area contributed by atoms with Crippen molar-refractivity contribution in [2.75, 3.05) is 0 Å². The Hall–Kier alpha value is 0.230. The van der Waals surface area contributed by atoms with E-state index in [1.807, 2.05) is 18.2 Å². The third-order valence-corrected chi connectivity index (χ3v) is 4.42. The molecule has 1 aromatic carbocycles. The van der Waals surface area contributed by atoms with Gasteiger partial charge in [0.2, 0.25) is 0 Å². The molecular formula is C10H6Br2Cl2O2. The first-order chi connectivity index (χ1) is 7.34. The lowest BCUT2D eigenvalue weighted by Crippen LogP contribution is -2.03. The van der Waals surface area contributed by atoms with E-state index in [9.17, 15) is 4.79 Å². The molecule has 1 aliphatic carbocycles. The lowest BCUT2D eigenvalue weighted by molar-refractivity contribution is -0.138. The predicted molar refractivity (Wildman–Crippen MR) is 70.1 cm³/mol. The molecular weight excluding hydrogens is 383 g/mol. The SMILES string of the molecule is O=C(O)[C@H]1[C@H](c2cc(Br)cc(Br)c2)C1(Cl)Cl. The van der Waals surface area contributed by atoms with Gasteiger partial charge in [-0.1, -0.05) is 55.1 Å². The van der Waals surface area contributed by atoms with Crippen molar-refractivity contribution in [1.82, 2.24) is 0 Å². The van der Waals surface area contributed by atoms with E-state index in [1.165, 1.54) is 0 Å². The Kier molecular flexibility index (Phi) is 3.30. The fourth-order valence-corrected chi connectivity index (χ4v) is 3.95. The molecule has 0 spiro atoms. The summed E-state index contributed by atoms with van der Waals surface area (Å²) in [5.41, 5.74) is 0.818. The number of carbonyl (C=O) groups is 1. The van der Waals surface area contributed by atoms with Crippen molar-refractivity contribution in [3.8, 4) is 0 Å². The van der Waals surface area contributed by atoms with Gasteiger partial charge in [-0.05, 0) is 23.8 Å². The van der Waals surface area contributed by atoms with Gasteiger partial charge in [-0.15, -0.1) is 0 Å². The summed E-state index contributed by atoms with van der Waals surface area (Å²) in [5, 5.41) is 8.97. The lowest BCUT2D eigenvalue weighted by atomic mass is 10.1. The van der Waals surface area contributed by atoms with Crippen molar-refractivity contribution in [2.45, 2.75) is 10.3 Å². The third-order valence-electron chi connectivity index (χ3n) is 2.56. The second kappa shape index (κ2) is 4.16. The molecule has 0 saturated heterocycles. The highest BCUT2D eigenvalue weighted by atomic mass is 79.9. The van der Waals surface area contributed by atoms with Gasteiger partial charge in [0.1, 0.15) is 4.33 Å². The van der Waals surface area contributed by atoms with E-state index in [0.29, 0.717) is 0 Å². The van der Waals surface area contributed by atoms with Crippen molar-refractivity contribution in [2.24, 2.45) is 5.92 Å². The molecule has 0 amide bonds. The predicted octanol–water partition coefficient (Wildman–Crippen LogP) is 4.18. The number of carboxylic acid groups (broad SMARTS) is 1. The maximum atomic E-state index is 10.9. The summed E-state index contributed by atoms with van der Waals surface area (Å²) in [5.74, 6) is -2.06. The molecule has 0 aromatic heterocycles. The fraction of sp³-hybridized carbons (Fsp3) is 0.300. The van der Waals surface area contributed by atoms with Gasteiger partial charge in [-0.25, -0.2) is 0 Å². The van der Waals surface area contributed by atoms with Crippen LogP contribution in [0.2, 0.25) is 0 Å². The van der Waals surface area contributed by atoms with E-state index in [0.717, 1.165) is 14.5 Å². The number of halogens is 4. The number of alkyl halides is 2. The Morgan fingerprint density at radius 2 is 1.75 bits per heavy atom. The normalized spacial score (nSPS) is 26.5. The zero-order chi connectivity index (χ0) is 12.1. The average Bonchev–Trinajstić information content (AvgIpc) is 2.67. The molecule has 16 heavy (non-hydrogen) atoms. The number of rotatable bonds is 2. The van der Waals surface area contributed by atoms with E-state index in [1.54, 1.807) is 0 Å². The molecule has 0 radical (unpaired) electrons. The van der Waals surface area contributed by atoms with Crippen LogP contribution >= 0.6 is 55.1 Å². The molecule has 0 bridgehead atoms. The molecule has 1 N–H and O–H groups in total. The molecule has 0 aliphatic heterocycles. The Balaban J connectivity index is 2.37.